The summed E-state index contributed by atoms with van der Waals surface area (Å²) in [5.41, 5.74) is 0.995. The molecule has 0 radical (unpaired) electrons. The number of hydrogen-bond acceptors (Lipinski definition) is 3. The summed E-state index contributed by atoms with van der Waals surface area (Å²) >= 11 is 0. The van der Waals surface area contributed by atoms with Crippen LogP contribution in [0, 0.1) is 0 Å². The first-order valence-corrected chi connectivity index (χ1v) is 6.58. The lowest BCUT2D eigenvalue weighted by atomic mass is 9.99. The van der Waals surface area contributed by atoms with E-state index in [-0.39, 0.29) is 11.8 Å². The number of piperidine rings is 1. The third kappa shape index (κ3) is 2.88. The molecule has 1 aromatic rings. The second-order valence-electron chi connectivity index (χ2n) is 4.92. The smallest absolute Gasteiger partial charge is 0.229 e. The molecule has 1 N–H and O–H groups in total. The summed E-state index contributed by atoms with van der Waals surface area (Å²) < 4.78 is 0. The molecular weight excluding hydrogens is 226 g/mol. The second-order valence-corrected chi connectivity index (χ2v) is 4.92. The molecule has 1 fully saturated rings. The number of nitrogens with one attached hydrogen (secondary N) is 1. The molecule has 2 atom stereocenters. The summed E-state index contributed by atoms with van der Waals surface area (Å²) in [6, 6.07) is 4.28. The van der Waals surface area contributed by atoms with Crippen LogP contribution >= 0.6 is 0 Å². The van der Waals surface area contributed by atoms with E-state index in [0.29, 0.717) is 6.04 Å². The van der Waals surface area contributed by atoms with Crippen LogP contribution in [0.15, 0.2) is 24.5 Å². The number of aromatic nitrogens is 1. The van der Waals surface area contributed by atoms with Gasteiger partial charge in [-0.05, 0) is 38.4 Å². The zero-order valence-electron chi connectivity index (χ0n) is 11.1. The van der Waals surface area contributed by atoms with Crippen molar-refractivity contribution in [2.24, 2.45) is 0 Å². The fourth-order valence-electron chi connectivity index (χ4n) is 2.46. The molecule has 2 heterocycles. The van der Waals surface area contributed by atoms with Crippen LogP contribution in [-0.2, 0) is 4.79 Å². The highest BCUT2D eigenvalue weighted by molar-refractivity contribution is 5.83. The van der Waals surface area contributed by atoms with Gasteiger partial charge < -0.3 is 10.2 Å². The van der Waals surface area contributed by atoms with Crippen LogP contribution in [0.3, 0.4) is 0 Å². The molecule has 0 saturated carbocycles. The van der Waals surface area contributed by atoms with Crippen LogP contribution in [-0.4, -0.2) is 42.0 Å². The van der Waals surface area contributed by atoms with Gasteiger partial charge in [0, 0.05) is 31.5 Å². The van der Waals surface area contributed by atoms with E-state index >= 15 is 0 Å². The minimum absolute atomic E-state index is 0.102. The highest BCUT2D eigenvalue weighted by atomic mass is 16.2. The van der Waals surface area contributed by atoms with Crippen molar-refractivity contribution >= 4 is 5.91 Å². The third-order valence-electron chi connectivity index (χ3n) is 3.70. The van der Waals surface area contributed by atoms with Crippen LogP contribution in [0.25, 0.3) is 0 Å². The first kappa shape index (κ1) is 13.0. The molecule has 0 spiro atoms. The summed E-state index contributed by atoms with van der Waals surface area (Å²) in [5.74, 6) is 0.109. The van der Waals surface area contributed by atoms with Crippen LogP contribution in [0.2, 0.25) is 0 Å². The van der Waals surface area contributed by atoms with Crippen molar-refractivity contribution in [3.63, 3.8) is 0 Å². The minimum Gasteiger partial charge on any atom is -0.341 e. The Morgan fingerprint density at radius 3 is 3.11 bits per heavy atom. The SMILES string of the molecule is CNC1CCCN(C(=O)C(C)c2cccnc2)C1. The Bertz CT molecular complexity index is 393. The average Bonchev–Trinajstić information content (AvgIpc) is 2.46. The molecule has 2 unspecified atom stereocenters. The number of likely N-dealkylation sites (tertiary alicyclic amines) is 1. The maximum absolute atomic E-state index is 12.4. The molecule has 0 aromatic carbocycles. The minimum atomic E-state index is -0.102. The lowest BCUT2D eigenvalue weighted by Gasteiger charge is -2.34. The summed E-state index contributed by atoms with van der Waals surface area (Å²) in [4.78, 5) is 18.5. The van der Waals surface area contributed by atoms with E-state index in [9.17, 15) is 4.79 Å². The van der Waals surface area contributed by atoms with E-state index < -0.39 is 0 Å². The third-order valence-corrected chi connectivity index (χ3v) is 3.70. The number of pyridine rings is 1. The van der Waals surface area contributed by atoms with Gasteiger partial charge in [-0.25, -0.2) is 0 Å². The Labute approximate surface area is 108 Å². The molecule has 4 nitrogen and oxygen atoms in total. The Morgan fingerprint density at radius 2 is 2.44 bits per heavy atom. The molecule has 0 bridgehead atoms. The largest absolute Gasteiger partial charge is 0.341 e. The van der Waals surface area contributed by atoms with Crippen LogP contribution in [0.4, 0.5) is 0 Å². The van der Waals surface area contributed by atoms with E-state index in [0.717, 1.165) is 31.5 Å². The molecule has 98 valence electrons. The normalized spacial score (nSPS) is 21.7. The van der Waals surface area contributed by atoms with Gasteiger partial charge >= 0.3 is 0 Å². The van der Waals surface area contributed by atoms with Crippen molar-refractivity contribution in [2.45, 2.75) is 31.7 Å². The summed E-state index contributed by atoms with van der Waals surface area (Å²) in [6.07, 6.45) is 5.75. The predicted molar refractivity (Wildman–Crippen MR) is 71.3 cm³/mol. The number of hydrogen-bond donors (Lipinski definition) is 1. The molecule has 4 heteroatoms. The molecular formula is C14H21N3O. The van der Waals surface area contributed by atoms with Crippen molar-refractivity contribution in [1.29, 1.82) is 0 Å². The topological polar surface area (TPSA) is 45.2 Å². The van der Waals surface area contributed by atoms with Crippen LogP contribution in [0.1, 0.15) is 31.2 Å². The maximum Gasteiger partial charge on any atom is 0.229 e. The molecule has 1 amide bonds. The first-order chi connectivity index (χ1) is 8.72. The number of carbonyl (C=O) groups excluding carboxylic acids is 1. The quantitative estimate of drug-likeness (QED) is 0.878. The van der Waals surface area contributed by atoms with Gasteiger partial charge in [-0.1, -0.05) is 6.07 Å². The fourth-order valence-corrected chi connectivity index (χ4v) is 2.46. The molecule has 1 saturated heterocycles. The fraction of sp³-hybridized carbons (Fsp3) is 0.571. The van der Waals surface area contributed by atoms with E-state index in [1.165, 1.54) is 0 Å². The standard InChI is InChI=1S/C14H21N3O/c1-11(12-5-3-7-16-9-12)14(18)17-8-4-6-13(10-17)15-2/h3,5,7,9,11,13,15H,4,6,8,10H2,1-2H3. The van der Waals surface area contributed by atoms with Gasteiger partial charge in [0.05, 0.1) is 5.92 Å². The lowest BCUT2D eigenvalue weighted by molar-refractivity contribution is -0.133. The molecule has 1 aliphatic heterocycles. The maximum atomic E-state index is 12.4. The number of nitrogens with zero attached hydrogens (tertiary/aromatic N) is 2. The van der Waals surface area contributed by atoms with Crippen molar-refractivity contribution in [1.82, 2.24) is 15.2 Å². The van der Waals surface area contributed by atoms with Crippen LogP contribution < -0.4 is 5.32 Å². The molecule has 1 aromatic heterocycles. The zero-order valence-corrected chi connectivity index (χ0v) is 11.1. The molecule has 18 heavy (non-hydrogen) atoms. The molecule has 1 aliphatic rings. The van der Waals surface area contributed by atoms with Crippen LogP contribution in [0.5, 0.6) is 0 Å². The molecule has 2 rings (SSSR count). The summed E-state index contributed by atoms with van der Waals surface area (Å²) in [5, 5.41) is 3.26. The Kier molecular flexibility index (Phi) is 4.31. The number of likely N-dealkylation sites (N-methyl/N-ethyl adjacent to an activating group) is 1. The summed E-state index contributed by atoms with van der Waals surface area (Å²) in [7, 11) is 1.96. The Hall–Kier alpha value is -1.42. The zero-order chi connectivity index (χ0) is 13.0. The van der Waals surface area contributed by atoms with Crippen molar-refractivity contribution in [3.05, 3.63) is 30.1 Å². The van der Waals surface area contributed by atoms with Gasteiger partial charge in [0.25, 0.3) is 0 Å². The van der Waals surface area contributed by atoms with Gasteiger partial charge in [0.2, 0.25) is 5.91 Å². The summed E-state index contributed by atoms with van der Waals surface area (Å²) in [6.45, 7) is 3.66. The van der Waals surface area contributed by atoms with Crippen molar-refractivity contribution < 1.29 is 4.79 Å². The number of amides is 1. The number of rotatable bonds is 3. The highest BCUT2D eigenvalue weighted by Crippen LogP contribution is 2.19. The lowest BCUT2D eigenvalue weighted by Crippen LogP contribution is -2.48. The first-order valence-electron chi connectivity index (χ1n) is 6.58. The highest BCUT2D eigenvalue weighted by Gasteiger charge is 2.26. The molecule has 0 aliphatic carbocycles. The van der Waals surface area contributed by atoms with E-state index in [1.54, 1.807) is 12.4 Å². The second kappa shape index (κ2) is 5.96. The van der Waals surface area contributed by atoms with E-state index in [4.69, 9.17) is 0 Å². The van der Waals surface area contributed by atoms with Gasteiger partial charge in [-0.2, -0.15) is 0 Å². The van der Waals surface area contributed by atoms with Crippen molar-refractivity contribution in [3.8, 4) is 0 Å². The number of carbonyl (C=O) groups is 1. The van der Waals surface area contributed by atoms with Gasteiger partial charge in [0.1, 0.15) is 0 Å². The van der Waals surface area contributed by atoms with Gasteiger partial charge in [0.15, 0.2) is 0 Å². The van der Waals surface area contributed by atoms with E-state index in [1.807, 2.05) is 31.0 Å². The Balaban J connectivity index is 2.02. The predicted octanol–water partition coefficient (Wildman–Crippen LogP) is 1.40. The monoisotopic (exact) mass is 247 g/mol. The van der Waals surface area contributed by atoms with E-state index in [2.05, 4.69) is 10.3 Å². The van der Waals surface area contributed by atoms with Crippen molar-refractivity contribution in [2.75, 3.05) is 20.1 Å². The Morgan fingerprint density at radius 1 is 1.61 bits per heavy atom. The van der Waals surface area contributed by atoms with Gasteiger partial charge in [-0.3, -0.25) is 9.78 Å². The van der Waals surface area contributed by atoms with Gasteiger partial charge in [-0.15, -0.1) is 0 Å². The average molecular weight is 247 g/mol.